The van der Waals surface area contributed by atoms with Crippen LogP contribution in [0.5, 0.6) is 0 Å². The Morgan fingerprint density at radius 1 is 0.800 bits per heavy atom. The maximum Gasteiger partial charge on any atom is -0.00163 e. The summed E-state index contributed by atoms with van der Waals surface area (Å²) in [5.74, 6) is 1.68. The smallest absolute Gasteiger partial charge is 0.00163 e. The van der Waals surface area contributed by atoms with Crippen molar-refractivity contribution in [2.24, 2.45) is 11.8 Å². The third-order valence-corrected chi connectivity index (χ3v) is 2.87. The number of rotatable bonds is 9. The van der Waals surface area contributed by atoms with Crippen molar-refractivity contribution in [2.75, 3.05) is 19.6 Å². The summed E-state index contributed by atoms with van der Waals surface area (Å²) >= 11 is 0. The Morgan fingerprint density at radius 3 is 1.60 bits per heavy atom. The molecule has 1 nitrogen and oxygen atoms in total. The van der Waals surface area contributed by atoms with Crippen molar-refractivity contribution in [3.63, 3.8) is 0 Å². The Bertz CT molecular complexity index is 117. The molecule has 0 N–H and O–H groups in total. The molecular weight excluding hydrogens is 182 g/mol. The fourth-order valence-corrected chi connectivity index (χ4v) is 1.60. The topological polar surface area (TPSA) is 3.24 Å². The van der Waals surface area contributed by atoms with Crippen molar-refractivity contribution in [1.29, 1.82) is 0 Å². The van der Waals surface area contributed by atoms with E-state index in [1.165, 1.54) is 45.3 Å². The minimum absolute atomic E-state index is 0.841. The van der Waals surface area contributed by atoms with E-state index in [4.69, 9.17) is 0 Å². The Balaban J connectivity index is 3.73. The third-order valence-electron chi connectivity index (χ3n) is 2.87. The van der Waals surface area contributed by atoms with Crippen molar-refractivity contribution in [1.82, 2.24) is 4.90 Å². The van der Waals surface area contributed by atoms with Gasteiger partial charge in [0.2, 0.25) is 0 Å². The Morgan fingerprint density at radius 2 is 1.27 bits per heavy atom. The molecule has 0 bridgehead atoms. The van der Waals surface area contributed by atoms with Crippen LogP contribution < -0.4 is 0 Å². The van der Waals surface area contributed by atoms with Gasteiger partial charge in [-0.15, -0.1) is 0 Å². The summed E-state index contributed by atoms with van der Waals surface area (Å²) in [5, 5.41) is 0. The number of hydrogen-bond donors (Lipinski definition) is 0. The molecule has 0 aromatic carbocycles. The van der Waals surface area contributed by atoms with E-state index in [0.29, 0.717) is 0 Å². The maximum atomic E-state index is 2.66. The fraction of sp³-hybridized carbons (Fsp3) is 1.00. The molecule has 0 radical (unpaired) electrons. The van der Waals surface area contributed by atoms with E-state index in [9.17, 15) is 0 Å². The molecule has 15 heavy (non-hydrogen) atoms. The first kappa shape index (κ1) is 15.0. The van der Waals surface area contributed by atoms with E-state index in [-0.39, 0.29) is 0 Å². The van der Waals surface area contributed by atoms with Crippen molar-refractivity contribution >= 4 is 0 Å². The van der Waals surface area contributed by atoms with Crippen LogP contribution in [0.3, 0.4) is 0 Å². The van der Waals surface area contributed by atoms with Crippen molar-refractivity contribution < 1.29 is 0 Å². The lowest BCUT2D eigenvalue weighted by atomic mass is 10.1. The van der Waals surface area contributed by atoms with Crippen LogP contribution in [0.25, 0.3) is 0 Å². The summed E-state index contributed by atoms with van der Waals surface area (Å²) in [6.07, 6.45) is 5.37. The first-order valence-electron chi connectivity index (χ1n) is 6.78. The van der Waals surface area contributed by atoms with Gasteiger partial charge in [-0.25, -0.2) is 0 Å². The predicted molar refractivity (Wildman–Crippen MR) is 70.3 cm³/mol. The summed E-state index contributed by atoms with van der Waals surface area (Å²) in [6.45, 7) is 15.5. The SMILES string of the molecule is CCCCN(CCC(C)C)CCC(C)C. The van der Waals surface area contributed by atoms with E-state index in [1.807, 2.05) is 0 Å². The van der Waals surface area contributed by atoms with Gasteiger partial charge in [0.1, 0.15) is 0 Å². The first-order valence-corrected chi connectivity index (χ1v) is 6.78. The Labute approximate surface area is 97.2 Å². The molecule has 0 amide bonds. The van der Waals surface area contributed by atoms with Gasteiger partial charge in [0, 0.05) is 0 Å². The van der Waals surface area contributed by atoms with Crippen LogP contribution in [-0.2, 0) is 0 Å². The summed E-state index contributed by atoms with van der Waals surface area (Å²) < 4.78 is 0. The van der Waals surface area contributed by atoms with E-state index < -0.39 is 0 Å². The standard InChI is InChI=1S/C14H31N/c1-6-7-10-15(11-8-13(2)3)12-9-14(4)5/h13-14H,6-12H2,1-5H3. The highest BCUT2D eigenvalue weighted by Gasteiger charge is 2.06. The van der Waals surface area contributed by atoms with Gasteiger partial charge in [0.25, 0.3) is 0 Å². The Hall–Kier alpha value is -0.0400. The minimum atomic E-state index is 0.841. The molecule has 1 heteroatoms. The Kier molecular flexibility index (Phi) is 9.18. The molecule has 92 valence electrons. The van der Waals surface area contributed by atoms with Crippen molar-refractivity contribution in [2.45, 2.75) is 60.3 Å². The zero-order valence-corrected chi connectivity index (χ0v) is 11.6. The van der Waals surface area contributed by atoms with Crippen LogP contribution in [0.2, 0.25) is 0 Å². The number of unbranched alkanes of at least 4 members (excludes halogenated alkanes) is 1. The molecule has 0 aliphatic heterocycles. The summed E-state index contributed by atoms with van der Waals surface area (Å²) in [5.41, 5.74) is 0. The van der Waals surface area contributed by atoms with E-state index >= 15 is 0 Å². The minimum Gasteiger partial charge on any atom is -0.303 e. The molecule has 0 aliphatic rings. The molecule has 0 aliphatic carbocycles. The molecule has 0 aromatic heterocycles. The summed E-state index contributed by atoms with van der Waals surface area (Å²) in [7, 11) is 0. The predicted octanol–water partition coefficient (Wildman–Crippen LogP) is 4.18. The lowest BCUT2D eigenvalue weighted by molar-refractivity contribution is 0.240. The quantitative estimate of drug-likeness (QED) is 0.555. The maximum absolute atomic E-state index is 2.66. The van der Waals surface area contributed by atoms with Gasteiger partial charge in [-0.2, -0.15) is 0 Å². The van der Waals surface area contributed by atoms with Crippen molar-refractivity contribution in [3.05, 3.63) is 0 Å². The second-order valence-electron chi connectivity index (χ2n) is 5.56. The lowest BCUT2D eigenvalue weighted by Gasteiger charge is -2.23. The van der Waals surface area contributed by atoms with Crippen LogP contribution in [0.15, 0.2) is 0 Å². The zero-order chi connectivity index (χ0) is 11.7. The van der Waals surface area contributed by atoms with Gasteiger partial charge < -0.3 is 4.90 Å². The van der Waals surface area contributed by atoms with E-state index in [0.717, 1.165) is 11.8 Å². The van der Waals surface area contributed by atoms with Crippen LogP contribution in [0.4, 0.5) is 0 Å². The summed E-state index contributed by atoms with van der Waals surface area (Å²) in [4.78, 5) is 2.66. The molecule has 0 saturated heterocycles. The molecule has 0 atom stereocenters. The molecule has 0 aromatic rings. The average molecular weight is 213 g/mol. The number of hydrogen-bond acceptors (Lipinski definition) is 1. The van der Waals surface area contributed by atoms with Crippen LogP contribution >= 0.6 is 0 Å². The fourth-order valence-electron chi connectivity index (χ4n) is 1.60. The molecule has 0 fully saturated rings. The highest BCUT2D eigenvalue weighted by Crippen LogP contribution is 2.07. The van der Waals surface area contributed by atoms with Gasteiger partial charge in [-0.05, 0) is 50.7 Å². The molecule has 0 heterocycles. The van der Waals surface area contributed by atoms with Crippen LogP contribution in [0.1, 0.15) is 60.3 Å². The van der Waals surface area contributed by atoms with E-state index in [1.54, 1.807) is 0 Å². The zero-order valence-electron chi connectivity index (χ0n) is 11.6. The van der Waals surface area contributed by atoms with Crippen LogP contribution in [0, 0.1) is 11.8 Å². The second kappa shape index (κ2) is 9.21. The normalized spacial score (nSPS) is 12.0. The van der Waals surface area contributed by atoms with Gasteiger partial charge in [-0.1, -0.05) is 41.0 Å². The van der Waals surface area contributed by atoms with Gasteiger partial charge in [0.15, 0.2) is 0 Å². The highest BCUT2D eigenvalue weighted by molar-refractivity contribution is 4.61. The summed E-state index contributed by atoms with van der Waals surface area (Å²) in [6, 6.07) is 0. The number of nitrogens with zero attached hydrogens (tertiary/aromatic N) is 1. The third kappa shape index (κ3) is 10.2. The van der Waals surface area contributed by atoms with Gasteiger partial charge in [-0.3, -0.25) is 0 Å². The molecule has 0 saturated carbocycles. The van der Waals surface area contributed by atoms with Gasteiger partial charge >= 0.3 is 0 Å². The molecule has 0 unspecified atom stereocenters. The van der Waals surface area contributed by atoms with Gasteiger partial charge in [0.05, 0.1) is 0 Å². The highest BCUT2D eigenvalue weighted by atomic mass is 15.1. The van der Waals surface area contributed by atoms with Crippen LogP contribution in [-0.4, -0.2) is 24.5 Å². The van der Waals surface area contributed by atoms with Crippen molar-refractivity contribution in [3.8, 4) is 0 Å². The average Bonchev–Trinajstić information content (AvgIpc) is 2.16. The largest absolute Gasteiger partial charge is 0.303 e. The molecular formula is C14H31N. The monoisotopic (exact) mass is 213 g/mol. The second-order valence-corrected chi connectivity index (χ2v) is 5.56. The first-order chi connectivity index (χ1) is 7.06. The lowest BCUT2D eigenvalue weighted by Crippen LogP contribution is -2.28. The van der Waals surface area contributed by atoms with E-state index in [2.05, 4.69) is 39.5 Å². The molecule has 0 spiro atoms. The molecule has 0 rings (SSSR count).